The van der Waals surface area contributed by atoms with Gasteiger partial charge in [-0.15, -0.1) is 0 Å². The van der Waals surface area contributed by atoms with Gasteiger partial charge in [0.15, 0.2) is 0 Å². The fourth-order valence-corrected chi connectivity index (χ4v) is 2.80. The van der Waals surface area contributed by atoms with Gasteiger partial charge in [0.1, 0.15) is 5.75 Å². The maximum absolute atomic E-state index is 12.9. The minimum absolute atomic E-state index is 0.0513. The smallest absolute Gasteiger partial charge is 0.273 e. The molecule has 0 spiro atoms. The number of alkyl halides is 2. The molecule has 1 aromatic carbocycles. The van der Waals surface area contributed by atoms with Gasteiger partial charge in [0.05, 0.1) is 24.6 Å². The second-order valence-corrected chi connectivity index (χ2v) is 6.02. The third-order valence-electron chi connectivity index (χ3n) is 2.79. The van der Waals surface area contributed by atoms with E-state index in [1.54, 1.807) is 0 Å². The molecule has 0 aliphatic carbocycles. The van der Waals surface area contributed by atoms with Crippen LogP contribution >= 0.6 is 0 Å². The molecular formula is C11H14F2N2O3S. The van der Waals surface area contributed by atoms with Crippen molar-refractivity contribution in [2.45, 2.75) is 17.2 Å². The van der Waals surface area contributed by atoms with Crippen LogP contribution in [0.3, 0.4) is 0 Å². The second-order valence-electron chi connectivity index (χ2n) is 4.25. The van der Waals surface area contributed by atoms with Gasteiger partial charge in [0.25, 0.3) is 5.92 Å². The number of hydrogen-bond acceptors (Lipinski definition) is 4. The summed E-state index contributed by atoms with van der Waals surface area (Å²) in [5.74, 6) is -2.63. The molecule has 0 saturated heterocycles. The molecule has 3 N–H and O–H groups in total. The zero-order valence-corrected chi connectivity index (χ0v) is 10.8. The zero-order valence-electron chi connectivity index (χ0n) is 10.0. The Morgan fingerprint density at radius 2 is 2.16 bits per heavy atom. The molecule has 0 fully saturated rings. The number of nitrogens with one attached hydrogen (secondary N) is 1. The minimum Gasteiger partial charge on any atom is -0.493 e. The Morgan fingerprint density at radius 3 is 2.84 bits per heavy atom. The van der Waals surface area contributed by atoms with Crippen LogP contribution in [0.2, 0.25) is 0 Å². The van der Waals surface area contributed by atoms with E-state index in [1.165, 1.54) is 18.2 Å². The van der Waals surface area contributed by atoms with Gasteiger partial charge in [-0.3, -0.25) is 0 Å². The molecule has 19 heavy (non-hydrogen) atoms. The molecule has 106 valence electrons. The van der Waals surface area contributed by atoms with E-state index in [0.29, 0.717) is 18.8 Å². The predicted octanol–water partition coefficient (Wildman–Crippen LogP) is 0.494. The Balaban J connectivity index is 2.16. The van der Waals surface area contributed by atoms with Crippen LogP contribution in [-0.2, 0) is 16.4 Å². The molecule has 5 nitrogen and oxygen atoms in total. The Kier molecular flexibility index (Phi) is 3.75. The van der Waals surface area contributed by atoms with Crippen LogP contribution in [0.25, 0.3) is 0 Å². The SMILES string of the molecule is NCC(F)(F)CNS(=O)(=O)c1ccc2c(c1)CCO2. The highest BCUT2D eigenvalue weighted by atomic mass is 32.2. The van der Waals surface area contributed by atoms with Gasteiger partial charge in [-0.1, -0.05) is 0 Å². The number of halogens is 2. The first-order valence-electron chi connectivity index (χ1n) is 5.67. The summed E-state index contributed by atoms with van der Waals surface area (Å²) in [5.41, 5.74) is 5.60. The monoisotopic (exact) mass is 292 g/mol. The van der Waals surface area contributed by atoms with Gasteiger partial charge >= 0.3 is 0 Å². The summed E-state index contributed by atoms with van der Waals surface area (Å²) in [6.07, 6.45) is 0.609. The third kappa shape index (κ3) is 3.20. The minimum atomic E-state index is -3.97. The lowest BCUT2D eigenvalue weighted by molar-refractivity contribution is 0.0170. The number of sulfonamides is 1. The van der Waals surface area contributed by atoms with E-state index in [9.17, 15) is 17.2 Å². The van der Waals surface area contributed by atoms with E-state index in [1.807, 2.05) is 4.72 Å². The van der Waals surface area contributed by atoms with Crippen LogP contribution in [0.15, 0.2) is 23.1 Å². The average molecular weight is 292 g/mol. The molecular weight excluding hydrogens is 278 g/mol. The summed E-state index contributed by atoms with van der Waals surface area (Å²) in [6, 6.07) is 4.29. The molecule has 0 atom stereocenters. The number of benzene rings is 1. The summed E-state index contributed by atoms with van der Waals surface area (Å²) in [4.78, 5) is -0.0513. The van der Waals surface area contributed by atoms with Gasteiger partial charge in [-0.25, -0.2) is 21.9 Å². The first-order valence-corrected chi connectivity index (χ1v) is 7.16. The molecule has 1 aromatic rings. The van der Waals surface area contributed by atoms with Crippen molar-refractivity contribution in [3.63, 3.8) is 0 Å². The predicted molar refractivity (Wildman–Crippen MR) is 64.8 cm³/mol. The first kappa shape index (κ1) is 14.2. The van der Waals surface area contributed by atoms with Crippen LogP contribution in [0.1, 0.15) is 5.56 Å². The molecule has 1 aliphatic rings. The molecule has 1 heterocycles. The maximum Gasteiger partial charge on any atom is 0.273 e. The van der Waals surface area contributed by atoms with Crippen LogP contribution in [0.5, 0.6) is 5.75 Å². The largest absolute Gasteiger partial charge is 0.493 e. The summed E-state index contributed by atoms with van der Waals surface area (Å²) in [6.45, 7) is -1.43. The van der Waals surface area contributed by atoms with E-state index in [4.69, 9.17) is 10.5 Å². The highest BCUT2D eigenvalue weighted by molar-refractivity contribution is 7.89. The van der Waals surface area contributed by atoms with Crippen molar-refractivity contribution in [1.29, 1.82) is 0 Å². The van der Waals surface area contributed by atoms with Crippen LogP contribution < -0.4 is 15.2 Å². The number of rotatable bonds is 5. The number of nitrogens with two attached hydrogens (primary N) is 1. The molecule has 1 aliphatic heterocycles. The van der Waals surface area contributed by atoms with E-state index >= 15 is 0 Å². The van der Waals surface area contributed by atoms with Gasteiger partial charge in [-0.05, 0) is 23.8 Å². The van der Waals surface area contributed by atoms with Gasteiger partial charge in [-0.2, -0.15) is 0 Å². The fraction of sp³-hybridized carbons (Fsp3) is 0.455. The number of fused-ring (bicyclic) bond motifs is 1. The summed E-state index contributed by atoms with van der Waals surface area (Å²) in [5, 5.41) is 0. The number of hydrogen-bond donors (Lipinski definition) is 2. The van der Waals surface area contributed by atoms with Crippen molar-refractivity contribution in [3.8, 4) is 5.75 Å². The second kappa shape index (κ2) is 5.03. The summed E-state index contributed by atoms with van der Waals surface area (Å²) < 4.78 is 56.7. The van der Waals surface area contributed by atoms with E-state index in [2.05, 4.69) is 0 Å². The lowest BCUT2D eigenvalue weighted by Crippen LogP contribution is -2.41. The lowest BCUT2D eigenvalue weighted by atomic mass is 10.2. The van der Waals surface area contributed by atoms with Gasteiger partial charge in [0, 0.05) is 6.42 Å². The highest BCUT2D eigenvalue weighted by Gasteiger charge is 2.29. The maximum atomic E-state index is 12.9. The van der Waals surface area contributed by atoms with Crippen molar-refractivity contribution >= 4 is 10.0 Å². The molecule has 2 rings (SSSR count). The number of ether oxygens (including phenoxy) is 1. The van der Waals surface area contributed by atoms with Crippen molar-refractivity contribution < 1.29 is 21.9 Å². The molecule has 0 amide bonds. The topological polar surface area (TPSA) is 81.4 Å². The Morgan fingerprint density at radius 1 is 1.42 bits per heavy atom. The average Bonchev–Trinajstić information content (AvgIpc) is 2.84. The Hall–Kier alpha value is -1.25. The van der Waals surface area contributed by atoms with Crippen LogP contribution in [0, 0.1) is 0 Å². The van der Waals surface area contributed by atoms with Crippen molar-refractivity contribution in [3.05, 3.63) is 23.8 Å². The van der Waals surface area contributed by atoms with E-state index in [-0.39, 0.29) is 4.90 Å². The Labute approximate surface area is 109 Å². The molecule has 0 bridgehead atoms. The summed E-state index contributed by atoms with van der Waals surface area (Å²) in [7, 11) is -3.97. The highest BCUT2D eigenvalue weighted by Crippen LogP contribution is 2.27. The molecule has 8 heteroatoms. The van der Waals surface area contributed by atoms with Crippen molar-refractivity contribution in [1.82, 2.24) is 4.72 Å². The zero-order chi connectivity index (χ0) is 14.1. The van der Waals surface area contributed by atoms with E-state index in [0.717, 1.165) is 5.56 Å². The Bertz CT molecular complexity index is 575. The van der Waals surface area contributed by atoms with Gasteiger partial charge < -0.3 is 10.5 Å². The third-order valence-corrected chi connectivity index (χ3v) is 4.19. The standard InChI is InChI=1S/C11H14F2N2O3S/c12-11(13,6-14)7-15-19(16,17)9-1-2-10-8(5-9)3-4-18-10/h1-2,5,15H,3-4,6-7,14H2. The van der Waals surface area contributed by atoms with Crippen molar-refractivity contribution in [2.75, 3.05) is 19.7 Å². The summed E-state index contributed by atoms with van der Waals surface area (Å²) >= 11 is 0. The lowest BCUT2D eigenvalue weighted by Gasteiger charge is -2.15. The normalized spacial score (nSPS) is 15.1. The van der Waals surface area contributed by atoms with E-state index < -0.39 is 29.0 Å². The first-order chi connectivity index (χ1) is 8.84. The molecule has 0 aromatic heterocycles. The molecule has 0 unspecified atom stereocenters. The molecule has 0 saturated carbocycles. The molecule has 0 radical (unpaired) electrons. The van der Waals surface area contributed by atoms with Crippen molar-refractivity contribution in [2.24, 2.45) is 5.73 Å². The van der Waals surface area contributed by atoms with Crippen LogP contribution in [0.4, 0.5) is 8.78 Å². The van der Waals surface area contributed by atoms with Crippen LogP contribution in [-0.4, -0.2) is 34.0 Å². The quantitative estimate of drug-likeness (QED) is 0.828. The van der Waals surface area contributed by atoms with Gasteiger partial charge in [0.2, 0.25) is 10.0 Å². The fourth-order valence-electron chi connectivity index (χ4n) is 1.69.